The highest BCUT2D eigenvalue weighted by molar-refractivity contribution is 9.10. The summed E-state index contributed by atoms with van der Waals surface area (Å²) in [5.74, 6) is 0.209. The first-order chi connectivity index (χ1) is 15.9. The van der Waals surface area contributed by atoms with Gasteiger partial charge < -0.3 is 15.0 Å². The fourth-order valence-electron chi connectivity index (χ4n) is 4.09. The predicted octanol–water partition coefficient (Wildman–Crippen LogP) is 5.91. The van der Waals surface area contributed by atoms with Gasteiger partial charge in [0.1, 0.15) is 11.8 Å². The van der Waals surface area contributed by atoms with Crippen LogP contribution in [-0.4, -0.2) is 35.4 Å². The summed E-state index contributed by atoms with van der Waals surface area (Å²) < 4.78 is 6.63. The van der Waals surface area contributed by atoms with Crippen molar-refractivity contribution in [1.29, 1.82) is 0 Å². The van der Waals surface area contributed by atoms with E-state index in [1.165, 1.54) is 12.0 Å². The Hall–Kier alpha value is -2.05. The van der Waals surface area contributed by atoms with Gasteiger partial charge in [0, 0.05) is 17.6 Å². The Kier molecular flexibility index (Phi) is 9.63. The molecule has 1 unspecified atom stereocenters. The highest BCUT2D eigenvalue weighted by atomic mass is 79.9. The van der Waals surface area contributed by atoms with Crippen molar-refractivity contribution < 1.29 is 14.3 Å². The first kappa shape index (κ1) is 25.6. The third-order valence-corrected chi connectivity index (χ3v) is 6.97. The number of benzene rings is 2. The van der Waals surface area contributed by atoms with Gasteiger partial charge in [0.25, 0.3) is 5.91 Å². The van der Waals surface area contributed by atoms with Crippen LogP contribution in [-0.2, 0) is 22.6 Å². The zero-order chi connectivity index (χ0) is 23.8. The SMILES string of the molecule is CCc1ccc(OCC(=O)N(Cc2cccc(Cl)c2)C(C)C(=O)NC2CCCCC2)c(Br)c1. The zero-order valence-corrected chi connectivity index (χ0v) is 21.6. The number of carbonyl (C=O) groups excluding carboxylic acids is 2. The molecule has 2 aromatic rings. The summed E-state index contributed by atoms with van der Waals surface area (Å²) in [7, 11) is 0. The predicted molar refractivity (Wildman–Crippen MR) is 135 cm³/mol. The smallest absolute Gasteiger partial charge is 0.261 e. The summed E-state index contributed by atoms with van der Waals surface area (Å²) in [6.45, 7) is 3.97. The van der Waals surface area contributed by atoms with Crippen molar-refractivity contribution in [3.05, 3.63) is 63.1 Å². The molecule has 1 atom stereocenters. The molecule has 0 spiro atoms. The summed E-state index contributed by atoms with van der Waals surface area (Å²) in [6, 6.07) is 12.7. The van der Waals surface area contributed by atoms with Crippen molar-refractivity contribution in [1.82, 2.24) is 10.2 Å². The standard InChI is InChI=1S/C26H32BrClN2O3/c1-3-19-12-13-24(23(27)15-19)33-17-25(31)30(16-20-8-7-9-21(28)14-20)18(2)26(32)29-22-10-5-4-6-11-22/h7-9,12-15,18,22H,3-6,10-11,16-17H2,1-2H3,(H,29,32). The van der Waals surface area contributed by atoms with E-state index in [1.54, 1.807) is 17.9 Å². The Morgan fingerprint density at radius 3 is 2.58 bits per heavy atom. The van der Waals surface area contributed by atoms with E-state index >= 15 is 0 Å². The van der Waals surface area contributed by atoms with E-state index in [9.17, 15) is 9.59 Å². The maximum Gasteiger partial charge on any atom is 0.261 e. The second-order valence-corrected chi connectivity index (χ2v) is 9.87. The van der Waals surface area contributed by atoms with E-state index in [-0.39, 0.29) is 31.0 Å². The molecule has 1 aliphatic rings. The third-order valence-electron chi connectivity index (χ3n) is 6.12. The van der Waals surface area contributed by atoms with Crippen molar-refractivity contribution >= 4 is 39.3 Å². The number of nitrogens with zero attached hydrogens (tertiary/aromatic N) is 1. The van der Waals surface area contributed by atoms with Crippen LogP contribution in [0.2, 0.25) is 5.02 Å². The Labute approximate surface area is 210 Å². The third kappa shape index (κ3) is 7.47. The van der Waals surface area contributed by atoms with Crippen LogP contribution in [0.3, 0.4) is 0 Å². The lowest BCUT2D eigenvalue weighted by molar-refractivity contribution is -0.142. The first-order valence-corrected chi connectivity index (χ1v) is 12.8. The maximum atomic E-state index is 13.3. The highest BCUT2D eigenvalue weighted by Gasteiger charge is 2.28. The topological polar surface area (TPSA) is 58.6 Å². The van der Waals surface area contributed by atoms with Crippen LogP contribution in [0, 0.1) is 0 Å². The van der Waals surface area contributed by atoms with E-state index in [2.05, 4.69) is 28.2 Å². The van der Waals surface area contributed by atoms with Gasteiger partial charge in [0.2, 0.25) is 5.91 Å². The second kappa shape index (κ2) is 12.4. The van der Waals surface area contributed by atoms with Crippen LogP contribution >= 0.6 is 27.5 Å². The minimum Gasteiger partial charge on any atom is -0.483 e. The molecule has 0 radical (unpaired) electrons. The van der Waals surface area contributed by atoms with Crippen LogP contribution in [0.5, 0.6) is 5.75 Å². The average molecular weight is 536 g/mol. The summed E-state index contributed by atoms with van der Waals surface area (Å²) in [6.07, 6.45) is 6.37. The van der Waals surface area contributed by atoms with E-state index < -0.39 is 6.04 Å². The number of hydrogen-bond acceptors (Lipinski definition) is 3. The van der Waals surface area contributed by atoms with Gasteiger partial charge in [-0.3, -0.25) is 9.59 Å². The van der Waals surface area contributed by atoms with Gasteiger partial charge in [-0.2, -0.15) is 0 Å². The average Bonchev–Trinajstić information content (AvgIpc) is 2.81. The number of ether oxygens (including phenoxy) is 1. The molecular weight excluding hydrogens is 504 g/mol. The molecule has 2 amide bonds. The number of aryl methyl sites for hydroxylation is 1. The summed E-state index contributed by atoms with van der Waals surface area (Å²) in [5.41, 5.74) is 2.04. The number of hydrogen-bond donors (Lipinski definition) is 1. The summed E-state index contributed by atoms with van der Waals surface area (Å²) in [4.78, 5) is 27.9. The maximum absolute atomic E-state index is 13.3. The van der Waals surface area contributed by atoms with Gasteiger partial charge in [0.05, 0.1) is 4.47 Å². The molecular formula is C26H32BrClN2O3. The highest BCUT2D eigenvalue weighted by Crippen LogP contribution is 2.26. The molecule has 5 nitrogen and oxygen atoms in total. The van der Waals surface area contributed by atoms with E-state index in [0.717, 1.165) is 42.1 Å². The van der Waals surface area contributed by atoms with Crippen LogP contribution < -0.4 is 10.1 Å². The minimum atomic E-state index is -0.632. The van der Waals surface area contributed by atoms with Crippen molar-refractivity contribution in [2.45, 2.75) is 71.0 Å². The normalized spacial score (nSPS) is 15.0. The van der Waals surface area contributed by atoms with Crippen molar-refractivity contribution in [3.63, 3.8) is 0 Å². The van der Waals surface area contributed by atoms with Gasteiger partial charge in [-0.05, 0) is 77.5 Å². The van der Waals surface area contributed by atoms with Gasteiger partial charge in [-0.1, -0.05) is 56.0 Å². The van der Waals surface area contributed by atoms with Gasteiger partial charge in [0.15, 0.2) is 6.61 Å². The Balaban J connectivity index is 1.72. The summed E-state index contributed by atoms with van der Waals surface area (Å²) in [5, 5.41) is 3.73. The second-order valence-electron chi connectivity index (χ2n) is 8.58. The Morgan fingerprint density at radius 2 is 1.91 bits per heavy atom. The molecule has 0 heterocycles. The minimum absolute atomic E-state index is 0.134. The molecule has 2 aromatic carbocycles. The lowest BCUT2D eigenvalue weighted by atomic mass is 9.95. The van der Waals surface area contributed by atoms with Crippen molar-refractivity contribution in [3.8, 4) is 5.75 Å². The molecule has 1 saturated carbocycles. The van der Waals surface area contributed by atoms with Crippen LogP contribution in [0.4, 0.5) is 0 Å². The Bertz CT molecular complexity index is 962. The first-order valence-electron chi connectivity index (χ1n) is 11.6. The van der Waals surface area contributed by atoms with Crippen molar-refractivity contribution in [2.75, 3.05) is 6.61 Å². The molecule has 1 aliphatic carbocycles. The molecule has 0 aliphatic heterocycles. The molecule has 33 heavy (non-hydrogen) atoms. The van der Waals surface area contributed by atoms with Crippen molar-refractivity contribution in [2.24, 2.45) is 0 Å². The number of nitrogens with one attached hydrogen (secondary N) is 1. The van der Waals surface area contributed by atoms with Gasteiger partial charge in [-0.15, -0.1) is 0 Å². The fourth-order valence-corrected chi connectivity index (χ4v) is 4.84. The van der Waals surface area contributed by atoms with Gasteiger partial charge >= 0.3 is 0 Å². The Morgan fingerprint density at radius 1 is 1.15 bits per heavy atom. The van der Waals surface area contributed by atoms with Crippen LogP contribution in [0.15, 0.2) is 46.9 Å². The monoisotopic (exact) mass is 534 g/mol. The molecule has 7 heteroatoms. The quantitative estimate of drug-likeness (QED) is 0.434. The van der Waals surface area contributed by atoms with E-state index in [0.29, 0.717) is 10.8 Å². The molecule has 3 rings (SSSR count). The number of carbonyl (C=O) groups is 2. The number of halogens is 2. The lowest BCUT2D eigenvalue weighted by Crippen LogP contribution is -2.51. The largest absolute Gasteiger partial charge is 0.483 e. The number of amides is 2. The summed E-state index contributed by atoms with van der Waals surface area (Å²) >= 11 is 9.67. The lowest BCUT2D eigenvalue weighted by Gasteiger charge is -2.31. The molecule has 1 N–H and O–H groups in total. The van der Waals surface area contributed by atoms with Crippen LogP contribution in [0.25, 0.3) is 0 Å². The van der Waals surface area contributed by atoms with Gasteiger partial charge in [-0.25, -0.2) is 0 Å². The molecule has 1 fully saturated rings. The van der Waals surface area contributed by atoms with Crippen LogP contribution in [0.1, 0.15) is 57.1 Å². The van der Waals surface area contributed by atoms with E-state index in [4.69, 9.17) is 16.3 Å². The molecule has 0 aromatic heterocycles. The molecule has 0 saturated heterocycles. The van der Waals surface area contributed by atoms with E-state index in [1.807, 2.05) is 36.4 Å². The fraction of sp³-hybridized carbons (Fsp3) is 0.462. The molecule has 0 bridgehead atoms. The number of rotatable bonds is 9. The zero-order valence-electron chi connectivity index (χ0n) is 19.3. The molecule has 178 valence electrons.